The molecule has 0 aliphatic rings. The Hall–Kier alpha value is -13.2. The van der Waals surface area contributed by atoms with E-state index in [0.29, 0.717) is 0 Å². The van der Waals surface area contributed by atoms with Crippen LogP contribution in [-0.2, 0) is 20.1 Å². The van der Waals surface area contributed by atoms with E-state index in [4.69, 9.17) is 15.0 Å². The van der Waals surface area contributed by atoms with Gasteiger partial charge in [0.15, 0.2) is 0 Å². The Morgan fingerprint density at radius 1 is 0.200 bits per heavy atom. The molecule has 0 saturated carbocycles. The fraction of sp³-hybridized carbons (Fsp3) is 0. The van der Waals surface area contributed by atoms with Gasteiger partial charge in [-0.1, -0.05) is 288 Å². The van der Waals surface area contributed by atoms with E-state index in [1.807, 2.05) is 55.0 Å². The van der Waals surface area contributed by atoms with Crippen LogP contribution in [0.25, 0.3) is 189 Å². The Morgan fingerprint density at radius 2 is 0.524 bits per heavy atom. The zero-order valence-corrected chi connectivity index (χ0v) is 59.3. The van der Waals surface area contributed by atoms with Gasteiger partial charge < -0.3 is 24.1 Å². The zero-order valence-electron chi connectivity index (χ0n) is 56.9. The fourth-order valence-electron chi connectivity index (χ4n) is 15.4. The maximum atomic E-state index is 4.91. The van der Waals surface area contributed by atoms with Crippen molar-refractivity contribution in [1.29, 1.82) is 0 Å². The molecule has 5 heterocycles. The largest absolute Gasteiger partial charge is 3.00 e. The molecule has 0 amide bonds. The summed E-state index contributed by atoms with van der Waals surface area (Å²) in [6.07, 6.45) is 5.57. The second kappa shape index (κ2) is 27.6. The normalized spacial score (nSPS) is 11.4. The molecular formula is C99H62IrN5. The van der Waals surface area contributed by atoms with Gasteiger partial charge in [-0.3, -0.25) is 0 Å². The number of aromatic nitrogens is 5. The van der Waals surface area contributed by atoms with E-state index in [1.54, 1.807) is 0 Å². The zero-order chi connectivity index (χ0) is 68.9. The molecule has 14 aromatic carbocycles. The summed E-state index contributed by atoms with van der Waals surface area (Å²) in [5.74, 6) is 0. The molecule has 0 saturated heterocycles. The predicted molar refractivity (Wildman–Crippen MR) is 430 cm³/mol. The van der Waals surface area contributed by atoms with Crippen LogP contribution < -0.4 is 0 Å². The van der Waals surface area contributed by atoms with E-state index < -0.39 is 0 Å². The maximum Gasteiger partial charge on any atom is 3.00 e. The summed E-state index contributed by atoms with van der Waals surface area (Å²) in [7, 11) is 0. The molecule has 0 atom stereocenters. The van der Waals surface area contributed by atoms with Gasteiger partial charge in [0.05, 0.1) is 22.1 Å². The van der Waals surface area contributed by atoms with Crippen molar-refractivity contribution < 1.29 is 20.1 Å². The van der Waals surface area contributed by atoms with Gasteiger partial charge in [-0.25, -0.2) is 0 Å². The number of benzene rings is 14. The molecule has 0 aliphatic heterocycles. The van der Waals surface area contributed by atoms with Crippen molar-refractivity contribution in [1.82, 2.24) is 24.1 Å². The number of rotatable bonds is 14. The summed E-state index contributed by atoms with van der Waals surface area (Å²) in [5.41, 5.74) is 31.2. The van der Waals surface area contributed by atoms with Crippen molar-refractivity contribution in [2.24, 2.45) is 0 Å². The fourth-order valence-corrected chi connectivity index (χ4v) is 15.4. The second-order valence-electron chi connectivity index (χ2n) is 26.3. The van der Waals surface area contributed by atoms with Crippen LogP contribution in [0, 0.1) is 18.2 Å². The monoisotopic (exact) mass is 1510 g/mol. The van der Waals surface area contributed by atoms with Gasteiger partial charge in [-0.15, -0.1) is 71.3 Å². The van der Waals surface area contributed by atoms with Gasteiger partial charge in [-0.2, -0.15) is 0 Å². The summed E-state index contributed by atoms with van der Waals surface area (Å²) in [6, 6.07) is 140. The van der Waals surface area contributed by atoms with Crippen LogP contribution in [0.3, 0.4) is 0 Å². The first-order valence-electron chi connectivity index (χ1n) is 35.2. The van der Waals surface area contributed by atoms with E-state index in [1.165, 1.54) is 32.7 Å². The van der Waals surface area contributed by atoms with Crippen molar-refractivity contribution in [2.45, 2.75) is 0 Å². The number of nitrogens with zero attached hydrogens (tertiary/aromatic N) is 5. The Bertz CT molecular complexity index is 6140. The van der Waals surface area contributed by atoms with Crippen LogP contribution in [-0.4, -0.2) is 24.1 Å². The summed E-state index contributed by atoms with van der Waals surface area (Å²) in [5, 5.41) is 4.68. The van der Waals surface area contributed by atoms with E-state index in [0.717, 1.165) is 156 Å². The third-order valence-electron chi connectivity index (χ3n) is 20.3. The number of hydrogen-bond donors (Lipinski definition) is 0. The van der Waals surface area contributed by atoms with Gasteiger partial charge >= 0.3 is 20.1 Å². The summed E-state index contributed by atoms with van der Waals surface area (Å²) in [4.78, 5) is 14.6. The Labute approximate surface area is 623 Å². The molecule has 0 radical (unpaired) electrons. The molecule has 0 aliphatic carbocycles. The van der Waals surface area contributed by atoms with Crippen LogP contribution in [0.4, 0.5) is 0 Å². The molecule has 105 heavy (non-hydrogen) atoms. The molecule has 0 bridgehead atoms. The molecule has 6 heteroatoms. The first-order chi connectivity index (χ1) is 51.6. The second-order valence-corrected chi connectivity index (χ2v) is 26.3. The smallest absolute Gasteiger partial charge is 0.326 e. The molecule has 5 nitrogen and oxygen atoms in total. The predicted octanol–water partition coefficient (Wildman–Crippen LogP) is 25.5. The summed E-state index contributed by atoms with van der Waals surface area (Å²) < 4.78 is 4.90. The molecule has 19 aromatic rings. The van der Waals surface area contributed by atoms with Crippen LogP contribution in [0.2, 0.25) is 0 Å². The van der Waals surface area contributed by atoms with E-state index in [9.17, 15) is 0 Å². The Morgan fingerprint density at radius 3 is 0.924 bits per heavy atom. The third-order valence-corrected chi connectivity index (χ3v) is 20.3. The third kappa shape index (κ3) is 11.7. The number of fused-ring (bicyclic) bond motifs is 6. The first-order valence-corrected chi connectivity index (χ1v) is 35.2. The van der Waals surface area contributed by atoms with E-state index in [-0.39, 0.29) is 20.1 Å². The Kier molecular flexibility index (Phi) is 16.8. The maximum absolute atomic E-state index is 4.91. The van der Waals surface area contributed by atoms with Crippen molar-refractivity contribution in [3.63, 3.8) is 0 Å². The number of pyridine rings is 3. The van der Waals surface area contributed by atoms with Crippen molar-refractivity contribution in [3.05, 3.63) is 395 Å². The van der Waals surface area contributed by atoms with E-state index >= 15 is 0 Å². The van der Waals surface area contributed by atoms with Crippen molar-refractivity contribution in [2.75, 3.05) is 0 Å². The molecule has 0 N–H and O–H groups in total. The average molecular weight is 1510 g/mol. The minimum absolute atomic E-state index is 0. The Balaban J connectivity index is 0.00000783. The standard InChI is InChI=1S/C99H62N5.Ir/c1-4-26-66(27-5-1)69-48-53-96-89(61-69)84-38-16-18-43-94(84)103(96)98-64-72(92-41-21-24-56-101-92)46-51-86(98)81-36-14-11-33-78(81)75-58-74(77-32-10-13-35-80(77)83-50-45-71(91-40-20-23-55-100-91)63-88(83)68-30-8-3-9-31-68)59-76(60-75)79-34-12-15-37-82(79)87-52-47-73(93-42-22-25-57-102-93)65-99(87)104-95-44-19-17-39-85(95)90-62-70(49-54-97(90)104)67-28-6-2-7-29-67;/h1-44,48-65H;/q-3;+3. The van der Waals surface area contributed by atoms with Crippen LogP contribution >= 0.6 is 0 Å². The van der Waals surface area contributed by atoms with Crippen LogP contribution in [0.15, 0.2) is 377 Å². The quantitative estimate of drug-likeness (QED) is 0.102. The number of para-hydroxylation sites is 2. The molecular weight excluding hydrogens is 1450 g/mol. The molecule has 0 fully saturated rings. The number of hydrogen-bond acceptors (Lipinski definition) is 3. The first kappa shape index (κ1) is 63.9. The average Bonchev–Trinajstić information content (AvgIpc) is 1.65. The summed E-state index contributed by atoms with van der Waals surface area (Å²) in [6.45, 7) is 0. The molecule has 492 valence electrons. The molecule has 5 aromatic heterocycles. The molecule has 0 unspecified atom stereocenters. The van der Waals surface area contributed by atoms with E-state index in [2.05, 4.69) is 349 Å². The van der Waals surface area contributed by atoms with Crippen LogP contribution in [0.5, 0.6) is 0 Å². The minimum atomic E-state index is 0. The van der Waals surface area contributed by atoms with Gasteiger partial charge in [-0.05, 0) is 162 Å². The summed E-state index contributed by atoms with van der Waals surface area (Å²) >= 11 is 0. The topological polar surface area (TPSA) is 48.5 Å². The molecule has 19 rings (SSSR count). The van der Waals surface area contributed by atoms with Gasteiger partial charge in [0.25, 0.3) is 0 Å². The SMILES string of the molecule is [Ir+3].[c-]1cc(-c2ccccc2-c2cc(-c3ccccc3-c3c[c-]c(-c4ccccn4)cc3-n3c4ccccc4c4cc(-c5ccccc5)ccc43)cc(-c3ccccc3-c3c[c-]c(-c4ccccn4)cc3-n3c4ccccc4c4cc(-c5ccccc5)ccc43)c2)c(-c2ccccc2)cc1-c1ccccn1. The van der Waals surface area contributed by atoms with Crippen LogP contribution in [0.1, 0.15) is 0 Å². The van der Waals surface area contributed by atoms with Gasteiger partial charge in [0, 0.05) is 40.1 Å². The van der Waals surface area contributed by atoms with Crippen molar-refractivity contribution in [3.8, 4) is 145 Å². The molecule has 0 spiro atoms. The van der Waals surface area contributed by atoms with Gasteiger partial charge in [0.1, 0.15) is 0 Å². The minimum Gasteiger partial charge on any atom is -0.326 e. The van der Waals surface area contributed by atoms with Crippen molar-refractivity contribution >= 4 is 43.6 Å². The van der Waals surface area contributed by atoms with Gasteiger partial charge in [0.2, 0.25) is 0 Å².